The van der Waals surface area contributed by atoms with E-state index in [-0.39, 0.29) is 5.78 Å². The molecule has 4 heteroatoms. The highest BCUT2D eigenvalue weighted by molar-refractivity contribution is 6.31. The van der Waals surface area contributed by atoms with Gasteiger partial charge in [-0.1, -0.05) is 29.8 Å². The van der Waals surface area contributed by atoms with Crippen LogP contribution in [0.4, 0.5) is 5.69 Å². The highest BCUT2D eigenvalue weighted by Gasteiger charge is 2.18. The molecule has 21 heavy (non-hydrogen) atoms. The summed E-state index contributed by atoms with van der Waals surface area (Å²) < 4.78 is 1.90. The topological polar surface area (TPSA) is 48.0 Å². The Morgan fingerprint density at radius 3 is 2.71 bits per heavy atom. The normalized spacial score (nSPS) is 11.0. The molecule has 2 aromatic carbocycles. The Hall–Kier alpha value is -2.26. The summed E-state index contributed by atoms with van der Waals surface area (Å²) in [6.07, 6.45) is 1.82. The lowest BCUT2D eigenvalue weighted by molar-refractivity contribution is 0.104. The number of nitrogen functional groups attached to an aromatic ring is 1. The van der Waals surface area contributed by atoms with E-state index in [9.17, 15) is 4.79 Å². The molecular formula is C17H15ClN2O. The average Bonchev–Trinajstić information content (AvgIpc) is 2.78. The number of carbonyl (C=O) groups excluding carboxylic acids is 1. The summed E-state index contributed by atoms with van der Waals surface area (Å²) >= 11 is 6.02. The van der Waals surface area contributed by atoms with Gasteiger partial charge in [0, 0.05) is 46.0 Å². The molecule has 106 valence electrons. The van der Waals surface area contributed by atoms with Crippen molar-refractivity contribution in [1.29, 1.82) is 0 Å². The van der Waals surface area contributed by atoms with E-state index in [2.05, 4.69) is 0 Å². The van der Waals surface area contributed by atoms with Crippen LogP contribution < -0.4 is 5.73 Å². The number of halogens is 1. The van der Waals surface area contributed by atoms with Crippen LogP contribution in [-0.2, 0) is 7.05 Å². The smallest absolute Gasteiger partial charge is 0.197 e. The maximum absolute atomic E-state index is 12.8. The number of para-hydroxylation sites is 1. The molecule has 0 aliphatic carbocycles. The Labute approximate surface area is 127 Å². The van der Waals surface area contributed by atoms with E-state index in [1.807, 2.05) is 49.0 Å². The van der Waals surface area contributed by atoms with Crippen molar-refractivity contribution in [2.45, 2.75) is 6.92 Å². The van der Waals surface area contributed by atoms with Crippen LogP contribution in [-0.4, -0.2) is 10.4 Å². The van der Waals surface area contributed by atoms with Gasteiger partial charge >= 0.3 is 0 Å². The molecule has 0 bridgehead atoms. The number of benzene rings is 2. The quantitative estimate of drug-likeness (QED) is 0.575. The summed E-state index contributed by atoms with van der Waals surface area (Å²) in [5, 5.41) is 1.53. The predicted octanol–water partition coefficient (Wildman–Crippen LogP) is 3.95. The highest BCUT2D eigenvalue weighted by Crippen LogP contribution is 2.28. The first-order chi connectivity index (χ1) is 9.99. The fourth-order valence-electron chi connectivity index (χ4n) is 2.56. The van der Waals surface area contributed by atoms with Crippen molar-refractivity contribution >= 4 is 34.0 Å². The van der Waals surface area contributed by atoms with Crippen molar-refractivity contribution < 1.29 is 4.79 Å². The SMILES string of the molecule is Cc1cccc(C(=O)c2cn(C)c3cc(Cl)ccc23)c1N. The number of ketones is 1. The third-order valence-electron chi connectivity index (χ3n) is 3.77. The molecule has 0 amide bonds. The lowest BCUT2D eigenvalue weighted by atomic mass is 9.99. The summed E-state index contributed by atoms with van der Waals surface area (Å²) in [5.41, 5.74) is 9.60. The maximum atomic E-state index is 12.8. The second-order valence-corrected chi connectivity index (χ2v) is 5.62. The zero-order valence-corrected chi connectivity index (χ0v) is 12.6. The van der Waals surface area contributed by atoms with E-state index in [1.165, 1.54) is 0 Å². The van der Waals surface area contributed by atoms with Gasteiger partial charge in [0.05, 0.1) is 0 Å². The third-order valence-corrected chi connectivity index (χ3v) is 4.00. The highest BCUT2D eigenvalue weighted by atomic mass is 35.5. The van der Waals surface area contributed by atoms with Crippen LogP contribution in [0, 0.1) is 6.92 Å². The number of nitrogens with two attached hydrogens (primary N) is 1. The van der Waals surface area contributed by atoms with Crippen LogP contribution in [0.5, 0.6) is 0 Å². The number of anilines is 1. The van der Waals surface area contributed by atoms with E-state index in [4.69, 9.17) is 17.3 Å². The lowest BCUT2D eigenvalue weighted by Crippen LogP contribution is -2.06. The molecule has 3 rings (SSSR count). The van der Waals surface area contributed by atoms with E-state index in [0.717, 1.165) is 16.5 Å². The Bertz CT molecular complexity index is 865. The van der Waals surface area contributed by atoms with Crippen LogP contribution in [0.15, 0.2) is 42.6 Å². The van der Waals surface area contributed by atoms with Crippen LogP contribution in [0.1, 0.15) is 21.5 Å². The molecular weight excluding hydrogens is 284 g/mol. The second kappa shape index (κ2) is 4.93. The van der Waals surface area contributed by atoms with E-state index in [1.54, 1.807) is 12.1 Å². The first-order valence-electron chi connectivity index (χ1n) is 6.63. The van der Waals surface area contributed by atoms with Crippen LogP contribution in [0.25, 0.3) is 10.9 Å². The standard InChI is InChI=1S/C17H15ClN2O/c1-10-4-3-5-13(16(10)19)17(21)14-9-20(2)15-8-11(18)6-7-12(14)15/h3-9H,19H2,1-2H3. The van der Waals surface area contributed by atoms with Gasteiger partial charge in [-0.2, -0.15) is 0 Å². The average molecular weight is 299 g/mol. The number of rotatable bonds is 2. The van der Waals surface area contributed by atoms with Crippen molar-refractivity contribution in [2.24, 2.45) is 7.05 Å². The monoisotopic (exact) mass is 298 g/mol. The molecule has 0 spiro atoms. The minimum absolute atomic E-state index is 0.0656. The molecule has 0 fully saturated rings. The summed E-state index contributed by atoms with van der Waals surface area (Å²) in [4.78, 5) is 12.8. The van der Waals surface area contributed by atoms with Gasteiger partial charge in [0.1, 0.15) is 0 Å². The van der Waals surface area contributed by atoms with Gasteiger partial charge in [-0.3, -0.25) is 4.79 Å². The molecule has 0 saturated carbocycles. The number of nitrogens with zero attached hydrogens (tertiary/aromatic N) is 1. The van der Waals surface area contributed by atoms with E-state index >= 15 is 0 Å². The van der Waals surface area contributed by atoms with Crippen LogP contribution in [0.2, 0.25) is 5.02 Å². The first-order valence-corrected chi connectivity index (χ1v) is 7.01. The molecule has 0 radical (unpaired) electrons. The molecule has 0 aliphatic heterocycles. The summed E-state index contributed by atoms with van der Waals surface area (Å²) in [6, 6.07) is 11.0. The molecule has 0 unspecified atom stereocenters. The van der Waals surface area contributed by atoms with Crippen LogP contribution >= 0.6 is 11.6 Å². The molecule has 0 saturated heterocycles. The minimum Gasteiger partial charge on any atom is -0.398 e. The van der Waals surface area contributed by atoms with Gasteiger partial charge in [-0.15, -0.1) is 0 Å². The summed E-state index contributed by atoms with van der Waals surface area (Å²) in [7, 11) is 1.90. The van der Waals surface area contributed by atoms with Crippen LogP contribution in [0.3, 0.4) is 0 Å². The fraction of sp³-hybridized carbons (Fsp3) is 0.118. The predicted molar refractivity (Wildman–Crippen MR) is 87.0 cm³/mol. The Morgan fingerprint density at radius 1 is 1.19 bits per heavy atom. The molecule has 2 N–H and O–H groups in total. The van der Waals surface area contributed by atoms with Crippen molar-refractivity contribution in [3.05, 3.63) is 64.3 Å². The number of aromatic nitrogens is 1. The van der Waals surface area contributed by atoms with E-state index in [0.29, 0.717) is 21.8 Å². The summed E-state index contributed by atoms with van der Waals surface area (Å²) in [6.45, 7) is 1.90. The number of carbonyl (C=O) groups is 1. The van der Waals surface area contributed by atoms with Gasteiger partial charge in [-0.05, 0) is 30.7 Å². The molecule has 3 aromatic rings. The third kappa shape index (κ3) is 2.20. The van der Waals surface area contributed by atoms with E-state index < -0.39 is 0 Å². The largest absolute Gasteiger partial charge is 0.398 e. The minimum atomic E-state index is -0.0656. The Balaban J connectivity index is 2.21. The number of hydrogen-bond donors (Lipinski definition) is 1. The van der Waals surface area contributed by atoms with Crippen molar-refractivity contribution in [3.63, 3.8) is 0 Å². The van der Waals surface area contributed by atoms with Crippen molar-refractivity contribution in [3.8, 4) is 0 Å². The van der Waals surface area contributed by atoms with Gasteiger partial charge in [0.2, 0.25) is 0 Å². The molecule has 0 aliphatic rings. The Morgan fingerprint density at radius 2 is 1.95 bits per heavy atom. The summed E-state index contributed by atoms with van der Waals surface area (Å²) in [5.74, 6) is -0.0656. The second-order valence-electron chi connectivity index (χ2n) is 5.18. The first kappa shape index (κ1) is 13.7. The fourth-order valence-corrected chi connectivity index (χ4v) is 2.73. The van der Waals surface area contributed by atoms with Gasteiger partial charge in [-0.25, -0.2) is 0 Å². The number of fused-ring (bicyclic) bond motifs is 1. The maximum Gasteiger partial charge on any atom is 0.197 e. The lowest BCUT2D eigenvalue weighted by Gasteiger charge is -2.06. The van der Waals surface area contributed by atoms with Gasteiger partial charge in [0.25, 0.3) is 0 Å². The van der Waals surface area contributed by atoms with Crippen molar-refractivity contribution in [2.75, 3.05) is 5.73 Å². The number of aryl methyl sites for hydroxylation is 2. The van der Waals surface area contributed by atoms with Gasteiger partial charge < -0.3 is 10.3 Å². The number of hydrogen-bond acceptors (Lipinski definition) is 2. The molecule has 3 nitrogen and oxygen atoms in total. The zero-order chi connectivity index (χ0) is 15.1. The molecule has 1 aromatic heterocycles. The Kier molecular flexibility index (Phi) is 3.22. The molecule has 1 heterocycles. The molecule has 0 atom stereocenters. The van der Waals surface area contributed by atoms with Gasteiger partial charge in [0.15, 0.2) is 5.78 Å². The van der Waals surface area contributed by atoms with Crippen molar-refractivity contribution in [1.82, 2.24) is 4.57 Å². The zero-order valence-electron chi connectivity index (χ0n) is 11.9.